The zero-order valence-corrected chi connectivity index (χ0v) is 12.6. The highest BCUT2D eigenvalue weighted by Crippen LogP contribution is 2.41. The van der Waals surface area contributed by atoms with E-state index >= 15 is 0 Å². The smallest absolute Gasteiger partial charge is 0.327 e. The van der Waals surface area contributed by atoms with E-state index in [1.807, 2.05) is 7.05 Å². The van der Waals surface area contributed by atoms with E-state index in [1.165, 1.54) is 26.4 Å². The number of ether oxygens (including phenoxy) is 1. The largest absolute Gasteiger partial charge is 0.468 e. The Balaban J connectivity index is 1.99. The summed E-state index contributed by atoms with van der Waals surface area (Å²) < 4.78 is 5.06. The minimum atomic E-state index is -0.478. The molecule has 1 saturated carbocycles. The van der Waals surface area contributed by atoms with Gasteiger partial charge in [0.25, 0.3) is 0 Å². The second kappa shape index (κ2) is 6.23. The van der Waals surface area contributed by atoms with Crippen LogP contribution in [0.15, 0.2) is 0 Å². The van der Waals surface area contributed by atoms with Crippen molar-refractivity contribution in [2.75, 3.05) is 33.8 Å². The molecule has 1 heterocycles. The van der Waals surface area contributed by atoms with Crippen molar-refractivity contribution in [3.8, 4) is 0 Å². The van der Waals surface area contributed by atoms with Crippen molar-refractivity contribution >= 4 is 5.97 Å². The normalized spacial score (nSPS) is 25.0. The van der Waals surface area contributed by atoms with Gasteiger partial charge in [0, 0.05) is 6.54 Å². The van der Waals surface area contributed by atoms with Crippen LogP contribution in [-0.4, -0.2) is 50.2 Å². The molecule has 0 aromatic heterocycles. The number of piperidine rings is 1. The molecule has 19 heavy (non-hydrogen) atoms. The number of carbonyl (C=O) groups is 1. The van der Waals surface area contributed by atoms with Crippen molar-refractivity contribution in [1.29, 1.82) is 0 Å². The van der Waals surface area contributed by atoms with Gasteiger partial charge in [0.1, 0.15) is 5.54 Å². The van der Waals surface area contributed by atoms with Crippen LogP contribution in [-0.2, 0) is 9.53 Å². The number of nitrogens with one attached hydrogen (secondary N) is 1. The van der Waals surface area contributed by atoms with Gasteiger partial charge in [-0.15, -0.1) is 0 Å². The Hall–Kier alpha value is -0.610. The third kappa shape index (κ3) is 3.11. The SMILES string of the molecule is CCC1CCN(CC(NC)(C(=O)OC)C2CC2)CC1. The molecule has 0 radical (unpaired) electrons. The Morgan fingerprint density at radius 2 is 1.95 bits per heavy atom. The third-order valence-corrected chi connectivity index (χ3v) is 5.03. The van der Waals surface area contributed by atoms with E-state index in [1.54, 1.807) is 0 Å². The maximum absolute atomic E-state index is 12.2. The molecule has 1 aliphatic carbocycles. The lowest BCUT2D eigenvalue weighted by Gasteiger charge is -2.39. The van der Waals surface area contributed by atoms with E-state index in [2.05, 4.69) is 17.1 Å². The molecule has 2 fully saturated rings. The van der Waals surface area contributed by atoms with Crippen LogP contribution in [0.4, 0.5) is 0 Å². The number of likely N-dealkylation sites (N-methyl/N-ethyl adjacent to an activating group) is 1. The third-order valence-electron chi connectivity index (χ3n) is 5.03. The topological polar surface area (TPSA) is 41.6 Å². The van der Waals surface area contributed by atoms with Gasteiger partial charge in [-0.2, -0.15) is 0 Å². The van der Waals surface area contributed by atoms with Gasteiger partial charge in [0.15, 0.2) is 0 Å². The van der Waals surface area contributed by atoms with E-state index in [9.17, 15) is 4.79 Å². The highest BCUT2D eigenvalue weighted by Gasteiger charge is 2.51. The molecule has 0 spiro atoms. The molecule has 1 atom stereocenters. The molecular formula is C15H28N2O2. The Bertz CT molecular complexity index is 309. The molecule has 2 rings (SSSR count). The van der Waals surface area contributed by atoms with Crippen LogP contribution in [0, 0.1) is 11.8 Å². The first kappa shape index (κ1) is 14.8. The molecule has 2 aliphatic rings. The summed E-state index contributed by atoms with van der Waals surface area (Å²) in [6, 6.07) is 0. The number of hydrogen-bond acceptors (Lipinski definition) is 4. The fraction of sp³-hybridized carbons (Fsp3) is 0.933. The predicted octanol–water partition coefficient (Wildman–Crippen LogP) is 1.65. The molecule has 1 unspecified atom stereocenters. The standard InChI is InChI=1S/C15H28N2O2/c1-4-12-7-9-17(10-8-12)11-15(16-2,13-5-6-13)14(18)19-3/h12-13,16H,4-11H2,1-3H3. The fourth-order valence-corrected chi connectivity index (χ4v) is 3.41. The first-order valence-electron chi connectivity index (χ1n) is 7.66. The number of hydrogen-bond donors (Lipinski definition) is 1. The minimum absolute atomic E-state index is 0.0879. The van der Waals surface area contributed by atoms with Crippen LogP contribution in [0.3, 0.4) is 0 Å². The van der Waals surface area contributed by atoms with Crippen LogP contribution in [0.1, 0.15) is 39.0 Å². The van der Waals surface area contributed by atoms with Gasteiger partial charge < -0.3 is 15.0 Å². The number of nitrogens with zero attached hydrogens (tertiary/aromatic N) is 1. The average molecular weight is 268 g/mol. The molecule has 1 N–H and O–H groups in total. The second-order valence-corrected chi connectivity index (χ2v) is 6.11. The molecule has 0 aromatic carbocycles. The highest BCUT2D eigenvalue weighted by molar-refractivity contribution is 5.82. The number of carbonyl (C=O) groups excluding carboxylic acids is 1. The summed E-state index contributed by atoms with van der Waals surface area (Å²) in [6.07, 6.45) is 6.09. The van der Waals surface area contributed by atoms with Gasteiger partial charge in [0.05, 0.1) is 7.11 Å². The van der Waals surface area contributed by atoms with E-state index in [4.69, 9.17) is 4.74 Å². The van der Waals surface area contributed by atoms with Gasteiger partial charge in [0.2, 0.25) is 0 Å². The molecule has 0 amide bonds. The summed E-state index contributed by atoms with van der Waals surface area (Å²) in [5, 5.41) is 3.28. The zero-order chi connectivity index (χ0) is 13.9. The van der Waals surface area contributed by atoms with Crippen molar-refractivity contribution in [3.05, 3.63) is 0 Å². The van der Waals surface area contributed by atoms with Crippen molar-refractivity contribution in [3.63, 3.8) is 0 Å². The van der Waals surface area contributed by atoms with Gasteiger partial charge in [-0.3, -0.25) is 0 Å². The number of rotatable bonds is 6. The molecular weight excluding hydrogens is 240 g/mol. The van der Waals surface area contributed by atoms with E-state index in [-0.39, 0.29) is 5.97 Å². The van der Waals surface area contributed by atoms with Gasteiger partial charge in [-0.1, -0.05) is 13.3 Å². The van der Waals surface area contributed by atoms with Crippen molar-refractivity contribution in [2.45, 2.75) is 44.6 Å². The highest BCUT2D eigenvalue weighted by atomic mass is 16.5. The fourth-order valence-electron chi connectivity index (χ4n) is 3.41. The van der Waals surface area contributed by atoms with Gasteiger partial charge in [-0.05, 0) is 57.7 Å². The first-order valence-corrected chi connectivity index (χ1v) is 7.66. The second-order valence-electron chi connectivity index (χ2n) is 6.11. The Morgan fingerprint density at radius 3 is 2.37 bits per heavy atom. The van der Waals surface area contributed by atoms with E-state index in [0.717, 1.165) is 38.4 Å². The summed E-state index contributed by atoms with van der Waals surface area (Å²) in [4.78, 5) is 14.7. The maximum Gasteiger partial charge on any atom is 0.327 e. The minimum Gasteiger partial charge on any atom is -0.468 e. The zero-order valence-electron chi connectivity index (χ0n) is 12.6. The number of likely N-dealkylation sites (tertiary alicyclic amines) is 1. The number of methoxy groups -OCH3 is 1. The maximum atomic E-state index is 12.2. The molecule has 110 valence electrons. The lowest BCUT2D eigenvalue weighted by Crippen LogP contribution is -2.60. The summed E-state index contributed by atoms with van der Waals surface area (Å²) in [5.41, 5.74) is -0.478. The van der Waals surface area contributed by atoms with Crippen LogP contribution in [0.25, 0.3) is 0 Å². The summed E-state index contributed by atoms with van der Waals surface area (Å²) in [5.74, 6) is 1.24. The summed E-state index contributed by atoms with van der Waals surface area (Å²) >= 11 is 0. The lowest BCUT2D eigenvalue weighted by atomic mass is 9.89. The Kier molecular flexibility index (Phi) is 4.85. The first-order chi connectivity index (χ1) is 9.16. The van der Waals surface area contributed by atoms with E-state index in [0.29, 0.717) is 5.92 Å². The quantitative estimate of drug-likeness (QED) is 0.744. The Labute approximate surface area is 116 Å². The van der Waals surface area contributed by atoms with Crippen molar-refractivity contribution in [2.24, 2.45) is 11.8 Å². The molecule has 0 bridgehead atoms. The van der Waals surface area contributed by atoms with Gasteiger partial charge >= 0.3 is 5.97 Å². The van der Waals surface area contributed by atoms with Crippen molar-refractivity contribution < 1.29 is 9.53 Å². The summed E-state index contributed by atoms with van der Waals surface area (Å²) in [7, 11) is 3.40. The van der Waals surface area contributed by atoms with Crippen LogP contribution in [0.5, 0.6) is 0 Å². The summed E-state index contributed by atoms with van der Waals surface area (Å²) in [6.45, 7) is 5.31. The van der Waals surface area contributed by atoms with Crippen LogP contribution < -0.4 is 5.32 Å². The molecule has 1 saturated heterocycles. The number of esters is 1. The molecule has 0 aromatic rings. The van der Waals surface area contributed by atoms with E-state index < -0.39 is 5.54 Å². The molecule has 4 heteroatoms. The monoisotopic (exact) mass is 268 g/mol. The molecule has 1 aliphatic heterocycles. The van der Waals surface area contributed by atoms with Crippen LogP contribution in [0.2, 0.25) is 0 Å². The molecule has 4 nitrogen and oxygen atoms in total. The Morgan fingerprint density at radius 1 is 1.32 bits per heavy atom. The van der Waals surface area contributed by atoms with Crippen LogP contribution >= 0.6 is 0 Å². The lowest BCUT2D eigenvalue weighted by molar-refractivity contribution is -0.150. The predicted molar refractivity (Wildman–Crippen MR) is 76.0 cm³/mol. The van der Waals surface area contributed by atoms with Gasteiger partial charge in [-0.25, -0.2) is 4.79 Å². The van der Waals surface area contributed by atoms with Crippen molar-refractivity contribution in [1.82, 2.24) is 10.2 Å². The average Bonchev–Trinajstić information content (AvgIpc) is 3.29.